The van der Waals surface area contributed by atoms with Gasteiger partial charge in [0, 0.05) is 5.69 Å². The Morgan fingerprint density at radius 1 is 1.06 bits per heavy atom. The highest BCUT2D eigenvalue weighted by Crippen LogP contribution is 2.26. The Morgan fingerprint density at radius 2 is 1.83 bits per heavy atom. The Bertz CT molecular complexity index is 549. The van der Waals surface area contributed by atoms with E-state index < -0.39 is 0 Å². The minimum absolute atomic E-state index is 0.00556. The van der Waals surface area contributed by atoms with Crippen LogP contribution in [0.3, 0.4) is 0 Å². The Morgan fingerprint density at radius 3 is 2.56 bits per heavy atom. The van der Waals surface area contributed by atoms with Gasteiger partial charge in [-0.25, -0.2) is 0 Å². The van der Waals surface area contributed by atoms with Gasteiger partial charge in [0.25, 0.3) is 0 Å². The predicted molar refractivity (Wildman–Crippen MR) is 75.8 cm³/mol. The van der Waals surface area contributed by atoms with Crippen LogP contribution >= 0.6 is 0 Å². The van der Waals surface area contributed by atoms with Gasteiger partial charge in [-0.3, -0.25) is 0 Å². The van der Waals surface area contributed by atoms with Crippen LogP contribution in [0.25, 0.3) is 0 Å². The molecule has 0 amide bonds. The maximum absolute atomic E-state index is 6.01. The van der Waals surface area contributed by atoms with Crippen molar-refractivity contribution >= 4 is 5.69 Å². The number of aryl methyl sites for hydroxylation is 2. The lowest BCUT2D eigenvalue weighted by Crippen LogP contribution is -2.04. The Balaban J connectivity index is 2.21. The Hall–Kier alpha value is -1.96. The van der Waals surface area contributed by atoms with E-state index in [1.807, 2.05) is 31.2 Å². The number of anilines is 1. The first-order valence-corrected chi connectivity index (χ1v) is 6.15. The molecule has 18 heavy (non-hydrogen) atoms. The molecule has 1 atom stereocenters. The molecule has 2 nitrogen and oxygen atoms in total. The average molecular weight is 241 g/mol. The first-order chi connectivity index (χ1) is 8.56. The summed E-state index contributed by atoms with van der Waals surface area (Å²) in [4.78, 5) is 0. The topological polar surface area (TPSA) is 35.2 Å². The zero-order valence-electron chi connectivity index (χ0n) is 11.1. The third-order valence-corrected chi connectivity index (χ3v) is 3.03. The lowest BCUT2D eigenvalue weighted by atomic mass is 10.1. The van der Waals surface area contributed by atoms with E-state index in [4.69, 9.17) is 10.5 Å². The second-order valence-electron chi connectivity index (χ2n) is 4.70. The van der Waals surface area contributed by atoms with Crippen molar-refractivity contribution < 1.29 is 4.74 Å². The van der Waals surface area contributed by atoms with Crippen LogP contribution < -0.4 is 10.5 Å². The van der Waals surface area contributed by atoms with E-state index in [1.54, 1.807) is 0 Å². The van der Waals surface area contributed by atoms with Crippen LogP contribution in [0.5, 0.6) is 5.75 Å². The molecule has 0 aromatic heterocycles. The summed E-state index contributed by atoms with van der Waals surface area (Å²) in [5, 5.41) is 0. The second-order valence-corrected chi connectivity index (χ2v) is 4.70. The summed E-state index contributed by atoms with van der Waals surface area (Å²) in [7, 11) is 0. The molecule has 0 saturated heterocycles. The molecule has 0 aliphatic rings. The van der Waals surface area contributed by atoms with Crippen LogP contribution in [-0.2, 0) is 0 Å². The van der Waals surface area contributed by atoms with Crippen molar-refractivity contribution in [1.82, 2.24) is 0 Å². The normalized spacial score (nSPS) is 12.2. The molecule has 0 bridgehead atoms. The number of ether oxygens (including phenoxy) is 1. The van der Waals surface area contributed by atoms with Gasteiger partial charge in [0.15, 0.2) is 0 Å². The zero-order chi connectivity index (χ0) is 13.1. The highest BCUT2D eigenvalue weighted by molar-refractivity contribution is 5.42. The Labute approximate surface area is 108 Å². The highest BCUT2D eigenvalue weighted by atomic mass is 16.5. The molecule has 2 rings (SSSR count). The van der Waals surface area contributed by atoms with Crippen molar-refractivity contribution in [2.45, 2.75) is 26.9 Å². The van der Waals surface area contributed by atoms with E-state index in [1.165, 1.54) is 5.56 Å². The number of rotatable bonds is 3. The van der Waals surface area contributed by atoms with Crippen LogP contribution in [0, 0.1) is 13.8 Å². The van der Waals surface area contributed by atoms with Gasteiger partial charge in [-0.15, -0.1) is 0 Å². The SMILES string of the molecule is Cc1ccc(C)c(OC(C)c2cccc(N)c2)c1. The number of nitrogens with two attached hydrogens (primary N) is 1. The molecule has 2 aromatic carbocycles. The number of hydrogen-bond acceptors (Lipinski definition) is 2. The highest BCUT2D eigenvalue weighted by Gasteiger charge is 2.09. The number of nitrogen functional groups attached to an aromatic ring is 1. The molecule has 0 radical (unpaired) electrons. The number of hydrogen-bond donors (Lipinski definition) is 1. The molecule has 2 aromatic rings. The van der Waals surface area contributed by atoms with Crippen molar-refractivity contribution in [1.29, 1.82) is 0 Å². The fraction of sp³-hybridized carbons (Fsp3) is 0.250. The quantitative estimate of drug-likeness (QED) is 0.823. The van der Waals surface area contributed by atoms with Gasteiger partial charge < -0.3 is 10.5 Å². The minimum Gasteiger partial charge on any atom is -0.486 e. The van der Waals surface area contributed by atoms with Crippen molar-refractivity contribution in [3.8, 4) is 5.75 Å². The molecule has 0 aliphatic heterocycles. The average Bonchev–Trinajstić information content (AvgIpc) is 2.34. The van der Waals surface area contributed by atoms with Gasteiger partial charge in [-0.05, 0) is 55.7 Å². The van der Waals surface area contributed by atoms with Crippen LogP contribution in [0.1, 0.15) is 29.7 Å². The van der Waals surface area contributed by atoms with E-state index in [0.29, 0.717) is 0 Å². The van der Waals surface area contributed by atoms with Gasteiger partial charge in [-0.2, -0.15) is 0 Å². The fourth-order valence-corrected chi connectivity index (χ4v) is 1.90. The lowest BCUT2D eigenvalue weighted by Gasteiger charge is -2.17. The largest absolute Gasteiger partial charge is 0.486 e. The lowest BCUT2D eigenvalue weighted by molar-refractivity contribution is 0.225. The summed E-state index contributed by atoms with van der Waals surface area (Å²) in [6.07, 6.45) is -0.00556. The summed E-state index contributed by atoms with van der Waals surface area (Å²) in [5.74, 6) is 0.935. The third kappa shape index (κ3) is 2.83. The molecular weight excluding hydrogens is 222 g/mol. The van der Waals surface area contributed by atoms with Crippen molar-refractivity contribution in [3.63, 3.8) is 0 Å². The van der Waals surface area contributed by atoms with Crippen LogP contribution in [0.2, 0.25) is 0 Å². The van der Waals surface area contributed by atoms with E-state index in [-0.39, 0.29) is 6.10 Å². The molecule has 2 N–H and O–H groups in total. The molecule has 94 valence electrons. The van der Waals surface area contributed by atoms with Crippen molar-refractivity contribution in [3.05, 3.63) is 59.2 Å². The van der Waals surface area contributed by atoms with Crippen molar-refractivity contribution in [2.75, 3.05) is 5.73 Å². The van der Waals surface area contributed by atoms with E-state index in [0.717, 1.165) is 22.6 Å². The summed E-state index contributed by atoms with van der Waals surface area (Å²) >= 11 is 0. The number of benzene rings is 2. The summed E-state index contributed by atoms with van der Waals surface area (Å²) in [5.41, 5.74) is 10.0. The monoisotopic (exact) mass is 241 g/mol. The molecule has 1 unspecified atom stereocenters. The molecule has 0 spiro atoms. The van der Waals surface area contributed by atoms with Crippen LogP contribution in [-0.4, -0.2) is 0 Å². The van der Waals surface area contributed by atoms with E-state index >= 15 is 0 Å². The summed E-state index contributed by atoms with van der Waals surface area (Å²) in [6, 6.07) is 14.1. The first-order valence-electron chi connectivity index (χ1n) is 6.15. The maximum Gasteiger partial charge on any atom is 0.123 e. The summed E-state index contributed by atoms with van der Waals surface area (Å²) < 4.78 is 6.01. The van der Waals surface area contributed by atoms with Gasteiger partial charge >= 0.3 is 0 Å². The van der Waals surface area contributed by atoms with Crippen LogP contribution in [0.15, 0.2) is 42.5 Å². The fourth-order valence-electron chi connectivity index (χ4n) is 1.90. The predicted octanol–water partition coefficient (Wildman–Crippen LogP) is 4.03. The van der Waals surface area contributed by atoms with Gasteiger partial charge in [0.1, 0.15) is 11.9 Å². The molecular formula is C16H19NO. The molecule has 0 aliphatic carbocycles. The maximum atomic E-state index is 6.01. The Kier molecular flexibility index (Phi) is 3.56. The standard InChI is InChI=1S/C16H19NO/c1-11-7-8-12(2)16(9-11)18-13(3)14-5-4-6-15(17)10-14/h4-10,13H,17H2,1-3H3. The minimum atomic E-state index is -0.00556. The molecule has 0 heterocycles. The second kappa shape index (κ2) is 5.13. The molecule has 2 heteroatoms. The molecule has 0 fully saturated rings. The smallest absolute Gasteiger partial charge is 0.123 e. The summed E-state index contributed by atoms with van der Waals surface area (Å²) in [6.45, 7) is 6.16. The zero-order valence-corrected chi connectivity index (χ0v) is 11.1. The van der Waals surface area contributed by atoms with Crippen LogP contribution in [0.4, 0.5) is 5.69 Å². The van der Waals surface area contributed by atoms with Crippen molar-refractivity contribution in [2.24, 2.45) is 0 Å². The van der Waals surface area contributed by atoms with Gasteiger partial charge in [0.05, 0.1) is 0 Å². The van der Waals surface area contributed by atoms with E-state index in [2.05, 4.69) is 32.0 Å². The van der Waals surface area contributed by atoms with E-state index in [9.17, 15) is 0 Å². The van der Waals surface area contributed by atoms with Gasteiger partial charge in [0.2, 0.25) is 0 Å². The molecule has 0 saturated carbocycles. The first kappa shape index (κ1) is 12.5. The van der Waals surface area contributed by atoms with Gasteiger partial charge in [-0.1, -0.05) is 24.3 Å². The third-order valence-electron chi connectivity index (χ3n) is 3.03.